The molecule has 5 aromatic carbocycles. The zero-order valence-corrected chi connectivity index (χ0v) is 36.6. The molecule has 6 aromatic rings. The highest BCUT2D eigenvalue weighted by Crippen LogP contribution is 2.48. The van der Waals surface area contributed by atoms with Crippen molar-refractivity contribution in [2.75, 3.05) is 23.0 Å². The minimum atomic E-state index is -4.98. The summed E-state index contributed by atoms with van der Waals surface area (Å²) in [6.45, 7) is -0.854. The van der Waals surface area contributed by atoms with Gasteiger partial charge in [0.2, 0.25) is 17.2 Å². The van der Waals surface area contributed by atoms with E-state index in [1.54, 1.807) is 0 Å². The van der Waals surface area contributed by atoms with Crippen LogP contribution in [-0.4, -0.2) is 90.3 Å². The summed E-state index contributed by atoms with van der Waals surface area (Å²) in [5.74, 6) is -2.23. The first-order valence-electron chi connectivity index (χ1n) is 16.5. The van der Waals surface area contributed by atoms with Crippen LogP contribution in [0.5, 0.6) is 5.75 Å². The van der Waals surface area contributed by atoms with Crippen molar-refractivity contribution in [3.8, 4) is 5.75 Å². The quantitative estimate of drug-likeness (QED) is 0.0143. The molecule has 0 saturated carbocycles. The highest BCUT2D eigenvalue weighted by atomic mass is 35.5. The number of nitrogens with one attached hydrogen (secondary N) is 2. The molecule has 0 aliphatic rings. The second-order valence-corrected chi connectivity index (χ2v) is 19.9. The number of benzene rings is 5. The molecule has 64 heavy (non-hydrogen) atoms. The fourth-order valence-electron chi connectivity index (χ4n) is 5.58. The summed E-state index contributed by atoms with van der Waals surface area (Å²) >= 11 is 6.77. The lowest BCUT2D eigenvalue weighted by molar-refractivity contribution is -0.432. The topological polar surface area (TPSA) is 392 Å². The van der Waals surface area contributed by atoms with E-state index in [9.17, 15) is 47.9 Å². The maximum absolute atomic E-state index is 12.6. The van der Waals surface area contributed by atoms with Crippen molar-refractivity contribution >= 4 is 132 Å². The smallest absolute Gasteiger partial charge is 0.397 e. The van der Waals surface area contributed by atoms with Crippen molar-refractivity contribution in [1.82, 2.24) is 15.0 Å². The number of fused-ring (bicyclic) bond motifs is 2. The summed E-state index contributed by atoms with van der Waals surface area (Å²) in [6, 6.07) is 14.2. The number of sulfone groups is 1. The van der Waals surface area contributed by atoms with E-state index >= 15 is 0 Å². The number of phenolic OH excluding ortho intramolecular Hbond substituents is 1. The molecule has 1 heterocycles. The van der Waals surface area contributed by atoms with Crippen molar-refractivity contribution in [2.45, 2.75) is 24.5 Å². The van der Waals surface area contributed by atoms with Crippen LogP contribution in [0.25, 0.3) is 21.5 Å². The third kappa shape index (κ3) is 11.8. The molecule has 26 nitrogen and oxygen atoms in total. The van der Waals surface area contributed by atoms with Crippen LogP contribution in [0.4, 0.5) is 34.6 Å². The Morgan fingerprint density at radius 2 is 1.39 bits per heavy atom. The average Bonchev–Trinajstić information content (AvgIpc) is 3.20. The molecule has 0 aliphatic heterocycles. The maximum atomic E-state index is 12.6. The fraction of sp³-hybridized carbons (Fsp3) is 0.0645. The van der Waals surface area contributed by atoms with E-state index in [1.165, 1.54) is 42.5 Å². The van der Waals surface area contributed by atoms with Crippen molar-refractivity contribution in [3.05, 3.63) is 78.1 Å². The molecular weight excluding hydrogens is 1000 g/mol. The van der Waals surface area contributed by atoms with E-state index in [1.807, 2.05) is 0 Å². The van der Waals surface area contributed by atoms with Gasteiger partial charge in [-0.3, -0.25) is 13.7 Å². The molecule has 0 radical (unpaired) electrons. The molecule has 6 rings (SSSR count). The Balaban J connectivity index is 1.41. The monoisotopic (exact) mass is 1020 g/mol. The largest absolute Gasteiger partial charge is 0.505 e. The molecule has 1 aromatic heterocycles. The van der Waals surface area contributed by atoms with Gasteiger partial charge in [0.15, 0.2) is 15.6 Å². The highest BCUT2D eigenvalue weighted by Gasteiger charge is 2.24. The lowest BCUT2D eigenvalue weighted by atomic mass is 10.1. The van der Waals surface area contributed by atoms with Gasteiger partial charge in [-0.05, 0) is 71.6 Å². The molecule has 0 amide bonds. The second kappa shape index (κ2) is 19.6. The molecule has 0 spiro atoms. The summed E-state index contributed by atoms with van der Waals surface area (Å²) in [4.78, 5) is 10.4. The summed E-state index contributed by atoms with van der Waals surface area (Å²) in [6.07, 6.45) is 0. The molecule has 0 saturated heterocycles. The van der Waals surface area contributed by atoms with Crippen molar-refractivity contribution < 1.29 is 85.9 Å². The zero-order chi connectivity index (χ0) is 46.6. The second-order valence-electron chi connectivity index (χ2n) is 12.1. The number of azo groups is 1. The Hall–Kier alpha value is -4.98. The van der Waals surface area contributed by atoms with Crippen LogP contribution in [0.2, 0.25) is 5.28 Å². The van der Waals surface area contributed by atoms with Gasteiger partial charge >= 0.3 is 10.4 Å². The number of aromatic nitrogens is 3. The molecule has 0 aliphatic carbocycles. The van der Waals surface area contributed by atoms with Crippen LogP contribution in [0, 0.1) is 0 Å². The van der Waals surface area contributed by atoms with Gasteiger partial charge in [-0.1, -0.05) is 28.3 Å². The highest BCUT2D eigenvalue weighted by molar-refractivity contribution is 7.95. The van der Waals surface area contributed by atoms with E-state index in [4.69, 9.17) is 26.7 Å². The Morgan fingerprint density at radius 3 is 2.03 bits per heavy atom. The van der Waals surface area contributed by atoms with Crippen molar-refractivity contribution in [1.29, 1.82) is 0 Å². The van der Waals surface area contributed by atoms with Gasteiger partial charge < -0.3 is 15.7 Å². The van der Waals surface area contributed by atoms with Gasteiger partial charge in [0, 0.05) is 21.8 Å². The minimum Gasteiger partial charge on any atom is -0.505 e. The van der Waals surface area contributed by atoms with Gasteiger partial charge in [-0.25, -0.2) is 23.1 Å². The summed E-state index contributed by atoms with van der Waals surface area (Å²) in [5.41, 5.74) is -0.692. The average molecular weight is 1030 g/mol. The lowest BCUT2D eigenvalue weighted by Crippen LogP contribution is -2.15. The number of anilines is 4. The first-order chi connectivity index (χ1) is 30.1. The Bertz CT molecular complexity index is 3260. The van der Waals surface area contributed by atoms with E-state index < -0.39 is 85.3 Å². The third-order valence-electron chi connectivity index (χ3n) is 8.12. The predicted octanol–water partition coefficient (Wildman–Crippen LogP) is 6.38. The number of rotatable bonds is 19. The Labute approximate surface area is 372 Å². The third-order valence-corrected chi connectivity index (χ3v) is 13.5. The molecule has 0 bridgehead atoms. The lowest BCUT2D eigenvalue weighted by Gasteiger charge is -2.15. The van der Waals surface area contributed by atoms with Crippen LogP contribution in [0.15, 0.2) is 108 Å². The maximum Gasteiger partial charge on any atom is 0.397 e. The molecule has 33 heteroatoms. The van der Waals surface area contributed by atoms with Crippen LogP contribution < -0.4 is 10.6 Å². The van der Waals surface area contributed by atoms with E-state index in [2.05, 4.69) is 58.7 Å². The fourth-order valence-corrected chi connectivity index (χ4v) is 9.53. The van der Waals surface area contributed by atoms with Gasteiger partial charge in [0.25, 0.3) is 20.2 Å². The molecule has 0 fully saturated rings. The Kier molecular flexibility index (Phi) is 14.9. The number of halogens is 1. The minimum absolute atomic E-state index is 0.0124. The van der Waals surface area contributed by atoms with Crippen LogP contribution in [0.3, 0.4) is 0 Å². The molecule has 0 atom stereocenters. The van der Waals surface area contributed by atoms with Crippen molar-refractivity contribution in [3.63, 3.8) is 0 Å². The number of nitrogens with zero attached hydrogens (tertiary/aromatic N) is 5. The van der Waals surface area contributed by atoms with Gasteiger partial charge in [-0.15, -0.1) is 18.9 Å². The summed E-state index contributed by atoms with van der Waals surface area (Å²) < 4.78 is 137. The zero-order valence-electron chi connectivity index (χ0n) is 30.9. The first-order valence-corrected chi connectivity index (χ1v) is 24.3. The van der Waals surface area contributed by atoms with Crippen molar-refractivity contribution in [2.24, 2.45) is 10.2 Å². The van der Waals surface area contributed by atoms with Crippen LogP contribution in [0.1, 0.15) is 0 Å². The molecule has 340 valence electrons. The molecular formula is C31H24ClN7O19S6. The van der Waals surface area contributed by atoms with Crippen LogP contribution >= 0.6 is 35.7 Å². The summed E-state index contributed by atoms with van der Waals surface area (Å²) in [7, 11) is -18.6. The van der Waals surface area contributed by atoms with E-state index in [0.29, 0.717) is 12.0 Å². The Morgan fingerprint density at radius 1 is 0.719 bits per heavy atom. The van der Waals surface area contributed by atoms with Gasteiger partial charge in [0.1, 0.15) is 16.3 Å². The standard InChI is InChI=1S/C31H24ClN7O19S6/c32-29-35-30(33-16-4-6-17(7-5-16)61(43,44)11-10-54-64(51,52)53)37-31(36-29)34-22-14-18(62(45,46)47)12-15-13-23(59-57-55-41)26(27(40)25(15)22)39-38-21-9-8-19-20(28(21)60-58-56-42)2-1-3-24(19)63(48,49)50/h1-9,12-14,40-42H,10-11H2,(H,45,46,47)(H,48,49,50)(H,51,52,53)(H2,33,34,35,36,37)/b39-38+. The van der Waals surface area contributed by atoms with Gasteiger partial charge in [-0.2, -0.15) is 40.2 Å². The number of hydrogen-bond donors (Lipinski definition) is 8. The van der Waals surface area contributed by atoms with E-state index in [0.717, 1.165) is 30.3 Å². The number of hydrogen-bond acceptors (Lipinski definition) is 25. The molecule has 0 unspecified atom stereocenters. The summed E-state index contributed by atoms with van der Waals surface area (Å²) in [5, 5.41) is 50.0. The van der Waals surface area contributed by atoms with Crippen LogP contribution in [-0.2, 0) is 63.4 Å². The SMILES string of the molecule is O=S(=O)(O)OCCS(=O)(=O)c1ccc(Nc2nc(Cl)nc(Nc3cc(S(=O)(=O)O)cc4cc(SOOO)c(/N=N/c5ccc6c(S(=O)(=O)O)cccc6c5SOOO)c(O)c34)n2)cc1. The van der Waals surface area contributed by atoms with E-state index in [-0.39, 0.29) is 71.3 Å². The number of aromatic hydroxyl groups is 1. The van der Waals surface area contributed by atoms with Gasteiger partial charge in [0.05, 0.1) is 61.7 Å². The number of phenols is 1. The molecule has 8 N–H and O–H groups in total. The first kappa shape index (κ1) is 48.5. The normalized spacial score (nSPS) is 12.7. The predicted molar refractivity (Wildman–Crippen MR) is 222 cm³/mol.